The van der Waals surface area contributed by atoms with Crippen LogP contribution in [-0.2, 0) is 6.42 Å². The highest BCUT2D eigenvalue weighted by atomic mass is 15.2. The third kappa shape index (κ3) is 4.66. The molecule has 1 aliphatic rings. The van der Waals surface area contributed by atoms with Gasteiger partial charge in [-0.1, -0.05) is 72.8 Å². The Balaban J connectivity index is 1.40. The first kappa shape index (κ1) is 22.1. The first-order valence-corrected chi connectivity index (χ1v) is 12.1. The van der Waals surface area contributed by atoms with Crippen molar-refractivity contribution in [3.63, 3.8) is 0 Å². The Hall–Kier alpha value is -3.68. The summed E-state index contributed by atoms with van der Waals surface area (Å²) in [5.41, 5.74) is 5.89. The zero-order valence-electron chi connectivity index (χ0n) is 19.6. The molecule has 5 rings (SSSR count). The van der Waals surface area contributed by atoms with Crippen LogP contribution in [0.4, 0.5) is 0 Å². The second kappa shape index (κ2) is 10.1. The number of nitrogens with zero attached hydrogens (tertiary/aromatic N) is 3. The normalized spacial score (nSPS) is 18.1. The van der Waals surface area contributed by atoms with Gasteiger partial charge in [0.1, 0.15) is 5.82 Å². The molecule has 0 radical (unpaired) electrons. The van der Waals surface area contributed by atoms with E-state index < -0.39 is 0 Å². The van der Waals surface area contributed by atoms with Gasteiger partial charge in [-0.15, -0.1) is 0 Å². The largest absolute Gasteiger partial charge is 0.323 e. The van der Waals surface area contributed by atoms with Crippen LogP contribution in [0.5, 0.6) is 0 Å². The number of benzene rings is 3. The van der Waals surface area contributed by atoms with Crippen LogP contribution in [0.1, 0.15) is 71.2 Å². The lowest BCUT2D eigenvalue weighted by Gasteiger charge is -2.35. The molecule has 4 aromatic rings. The highest BCUT2D eigenvalue weighted by Crippen LogP contribution is 2.38. The maximum absolute atomic E-state index is 9.16. The summed E-state index contributed by atoms with van der Waals surface area (Å²) in [5.74, 6) is 1.04. The minimum absolute atomic E-state index is 0.247. The average Bonchev–Trinajstić information content (AvgIpc) is 3.30. The van der Waals surface area contributed by atoms with Crippen LogP contribution in [0.25, 0.3) is 0 Å². The van der Waals surface area contributed by atoms with Gasteiger partial charge in [0.25, 0.3) is 0 Å². The number of fused-ring (bicyclic) bond motifs is 1. The van der Waals surface area contributed by atoms with Crippen LogP contribution in [0.3, 0.4) is 0 Å². The van der Waals surface area contributed by atoms with Gasteiger partial charge >= 0.3 is 0 Å². The molecular formula is C30H30N4. The molecule has 0 saturated carbocycles. The fourth-order valence-electron chi connectivity index (χ4n) is 5.23. The fraction of sp³-hybridized carbons (Fsp3) is 0.267. The van der Waals surface area contributed by atoms with Crippen LogP contribution < -0.4 is 5.32 Å². The van der Waals surface area contributed by atoms with Crippen LogP contribution in [0.2, 0.25) is 0 Å². The van der Waals surface area contributed by atoms with Gasteiger partial charge in [0.15, 0.2) is 0 Å². The number of aryl methyl sites for hydroxylation is 2. The summed E-state index contributed by atoms with van der Waals surface area (Å²) >= 11 is 0. The van der Waals surface area contributed by atoms with Crippen molar-refractivity contribution in [2.24, 2.45) is 0 Å². The first-order valence-electron chi connectivity index (χ1n) is 12.1. The van der Waals surface area contributed by atoms with Crippen molar-refractivity contribution in [2.45, 2.75) is 50.7 Å². The molecule has 0 spiro atoms. The van der Waals surface area contributed by atoms with Gasteiger partial charge in [-0.05, 0) is 61.4 Å². The van der Waals surface area contributed by atoms with E-state index in [0.29, 0.717) is 5.56 Å². The molecule has 2 unspecified atom stereocenters. The molecular weight excluding hydrogens is 416 g/mol. The molecule has 3 aromatic carbocycles. The smallest absolute Gasteiger partial charge is 0.106 e. The van der Waals surface area contributed by atoms with Crippen LogP contribution >= 0.6 is 0 Å². The molecule has 0 bridgehead atoms. The quantitative estimate of drug-likeness (QED) is 0.355. The zero-order chi connectivity index (χ0) is 23.3. The van der Waals surface area contributed by atoms with Gasteiger partial charge in [0.05, 0.1) is 29.6 Å². The summed E-state index contributed by atoms with van der Waals surface area (Å²) < 4.78 is 2.39. The molecule has 2 heterocycles. The molecule has 4 nitrogen and oxygen atoms in total. The summed E-state index contributed by atoms with van der Waals surface area (Å²) in [5, 5.41) is 13.2. The molecule has 170 valence electrons. The number of aromatic nitrogens is 2. The second-order valence-corrected chi connectivity index (χ2v) is 9.13. The lowest BCUT2D eigenvalue weighted by atomic mass is 9.91. The van der Waals surface area contributed by atoms with Crippen LogP contribution in [0.15, 0.2) is 91.1 Å². The summed E-state index contributed by atoms with van der Waals surface area (Å²) in [4.78, 5) is 4.70. The minimum Gasteiger partial charge on any atom is -0.323 e. The van der Waals surface area contributed by atoms with Gasteiger partial charge in [-0.3, -0.25) is 0 Å². The lowest BCUT2D eigenvalue weighted by Crippen LogP contribution is -2.33. The first-order chi connectivity index (χ1) is 16.7. The molecule has 34 heavy (non-hydrogen) atoms. The second-order valence-electron chi connectivity index (χ2n) is 9.13. The van der Waals surface area contributed by atoms with Crippen molar-refractivity contribution in [2.75, 3.05) is 0 Å². The molecule has 3 atom stereocenters. The molecule has 0 amide bonds. The molecule has 0 saturated heterocycles. The number of nitriles is 1. The maximum atomic E-state index is 9.16. The molecule has 0 aliphatic carbocycles. The Kier molecular flexibility index (Phi) is 6.56. The van der Waals surface area contributed by atoms with Gasteiger partial charge in [0, 0.05) is 12.1 Å². The number of nitrogens with one attached hydrogen (secondary N) is 1. The standard InChI is InChI=1S/C30H30N4/c1-22-32-21-30-28(18-19-29(34(22)30)26-15-12-24(20-31)13-16-26)33-27(25-10-6-3-7-11-25)17-14-23-8-4-2-5-9-23/h2-13,15-16,21,27-29,33H,14,17-19H2,1H3/t27-,28?,29?/m0/s1. The van der Waals surface area contributed by atoms with E-state index in [1.165, 1.54) is 22.4 Å². The number of hydrogen-bond acceptors (Lipinski definition) is 3. The maximum Gasteiger partial charge on any atom is 0.106 e. The predicted octanol–water partition coefficient (Wildman–Crippen LogP) is 6.45. The Morgan fingerprint density at radius 3 is 2.38 bits per heavy atom. The number of rotatable bonds is 7. The predicted molar refractivity (Wildman–Crippen MR) is 135 cm³/mol. The third-order valence-corrected chi connectivity index (χ3v) is 7.00. The lowest BCUT2D eigenvalue weighted by molar-refractivity contribution is 0.322. The van der Waals surface area contributed by atoms with E-state index in [1.807, 2.05) is 18.3 Å². The summed E-state index contributed by atoms with van der Waals surface area (Å²) in [6.07, 6.45) is 6.20. The Bertz CT molecular complexity index is 1250. The Morgan fingerprint density at radius 2 is 1.68 bits per heavy atom. The molecule has 4 heteroatoms. The van der Waals surface area contributed by atoms with E-state index in [9.17, 15) is 0 Å². The van der Waals surface area contributed by atoms with Gasteiger partial charge in [-0.25, -0.2) is 4.98 Å². The van der Waals surface area contributed by atoms with Crippen molar-refractivity contribution in [1.29, 1.82) is 5.26 Å². The Labute approximate surface area is 201 Å². The van der Waals surface area contributed by atoms with Crippen molar-refractivity contribution in [3.8, 4) is 6.07 Å². The number of hydrogen-bond donors (Lipinski definition) is 1. The molecule has 1 aliphatic heterocycles. The van der Waals surface area contributed by atoms with Crippen molar-refractivity contribution >= 4 is 0 Å². The van der Waals surface area contributed by atoms with E-state index in [2.05, 4.69) is 95.7 Å². The van der Waals surface area contributed by atoms with Gasteiger partial charge in [0.2, 0.25) is 0 Å². The molecule has 1 N–H and O–H groups in total. The summed E-state index contributed by atoms with van der Waals surface area (Å²) in [6, 6.07) is 32.5. The molecule has 0 fully saturated rings. The van der Waals surface area contributed by atoms with E-state index in [0.717, 1.165) is 31.5 Å². The highest BCUT2D eigenvalue weighted by Gasteiger charge is 2.31. The highest BCUT2D eigenvalue weighted by molar-refractivity contribution is 5.34. The summed E-state index contributed by atoms with van der Waals surface area (Å²) in [7, 11) is 0. The van der Waals surface area contributed by atoms with Crippen molar-refractivity contribution in [3.05, 3.63) is 125 Å². The topological polar surface area (TPSA) is 53.6 Å². The minimum atomic E-state index is 0.247. The monoisotopic (exact) mass is 446 g/mol. The van der Waals surface area contributed by atoms with E-state index in [4.69, 9.17) is 10.2 Å². The molecule has 1 aromatic heterocycles. The van der Waals surface area contributed by atoms with Crippen LogP contribution in [0, 0.1) is 18.3 Å². The average molecular weight is 447 g/mol. The number of imidazole rings is 1. The van der Waals surface area contributed by atoms with Crippen molar-refractivity contribution < 1.29 is 0 Å². The van der Waals surface area contributed by atoms with Crippen molar-refractivity contribution in [1.82, 2.24) is 14.9 Å². The van der Waals surface area contributed by atoms with Crippen LogP contribution in [-0.4, -0.2) is 9.55 Å². The zero-order valence-corrected chi connectivity index (χ0v) is 19.6. The summed E-state index contributed by atoms with van der Waals surface area (Å²) in [6.45, 7) is 2.09. The van der Waals surface area contributed by atoms with Gasteiger partial charge in [-0.2, -0.15) is 5.26 Å². The van der Waals surface area contributed by atoms with E-state index in [1.54, 1.807) is 0 Å². The Morgan fingerprint density at radius 1 is 0.971 bits per heavy atom. The van der Waals surface area contributed by atoms with Gasteiger partial charge < -0.3 is 9.88 Å². The van der Waals surface area contributed by atoms with E-state index >= 15 is 0 Å². The SMILES string of the molecule is Cc1ncc2n1C(c1ccc(C#N)cc1)CCC2N[C@@H](CCc1ccccc1)c1ccccc1. The fourth-order valence-corrected chi connectivity index (χ4v) is 5.23. The third-order valence-electron chi connectivity index (χ3n) is 7.00. The van der Waals surface area contributed by atoms with E-state index in [-0.39, 0.29) is 18.1 Å².